The zero-order valence-corrected chi connectivity index (χ0v) is 21.2. The van der Waals surface area contributed by atoms with Crippen LogP contribution in [-0.4, -0.2) is 16.9 Å². The second kappa shape index (κ2) is 6.09. The van der Waals surface area contributed by atoms with Gasteiger partial charge in [-0.3, -0.25) is 0 Å². The molecule has 0 amide bonds. The summed E-state index contributed by atoms with van der Waals surface area (Å²) in [7, 11) is 0. The summed E-state index contributed by atoms with van der Waals surface area (Å²) in [6.45, 7) is 7.61. The molecule has 4 aliphatic rings. The molecule has 9 rings (SSSR count). The molecule has 2 nitrogen and oxygen atoms in total. The molecule has 1 fully saturated rings. The molecule has 0 bridgehead atoms. The van der Waals surface area contributed by atoms with Gasteiger partial charge in [0.1, 0.15) is 0 Å². The molecule has 1 aliphatic carbocycles. The van der Waals surface area contributed by atoms with E-state index in [1.807, 2.05) is 0 Å². The van der Waals surface area contributed by atoms with Crippen molar-refractivity contribution in [1.29, 1.82) is 0 Å². The number of aryl methyl sites for hydroxylation is 1. The number of fused-ring (bicyclic) bond motifs is 10. The fourth-order valence-electron chi connectivity index (χ4n) is 8.82. The minimum Gasteiger partial charge on any atom is -0.375 e. The minimum atomic E-state index is 0.0985. The molecule has 0 spiro atoms. The van der Waals surface area contributed by atoms with Crippen molar-refractivity contribution in [3.8, 4) is 11.1 Å². The normalized spacial score (nSPS) is 24.8. The van der Waals surface area contributed by atoms with E-state index in [1.165, 1.54) is 86.5 Å². The molecule has 3 aliphatic heterocycles. The number of hydrogen-bond acceptors (Lipinski definition) is 1. The van der Waals surface area contributed by atoms with Crippen molar-refractivity contribution in [2.75, 3.05) is 4.90 Å². The van der Waals surface area contributed by atoms with Crippen molar-refractivity contribution >= 4 is 51.0 Å². The van der Waals surface area contributed by atoms with E-state index in [4.69, 9.17) is 0 Å². The van der Waals surface area contributed by atoms with E-state index in [0.717, 1.165) is 0 Å². The Hall–Kier alpha value is -3.46. The van der Waals surface area contributed by atoms with Crippen LogP contribution in [0, 0.1) is 6.92 Å². The Bertz CT molecular complexity index is 1810. The van der Waals surface area contributed by atoms with E-state index in [1.54, 1.807) is 5.56 Å². The lowest BCUT2D eigenvalue weighted by molar-refractivity contribution is 0.195. The highest BCUT2D eigenvalue weighted by atomic mass is 15.3. The summed E-state index contributed by atoms with van der Waals surface area (Å²) in [5.74, 6) is 0. The smallest absolute Gasteiger partial charge is 0.333 e. The van der Waals surface area contributed by atoms with Crippen molar-refractivity contribution in [2.45, 2.75) is 57.4 Å². The summed E-state index contributed by atoms with van der Waals surface area (Å²) in [4.78, 5) is 2.82. The Morgan fingerprint density at radius 2 is 1.61 bits per heavy atom. The largest absolute Gasteiger partial charge is 0.375 e. The predicted octanol–water partition coefficient (Wildman–Crippen LogP) is 6.79. The van der Waals surface area contributed by atoms with Gasteiger partial charge in [0.2, 0.25) is 0 Å². The fraction of sp³-hybridized carbons (Fsp3) is 0.273. The number of hydrogen-bond donors (Lipinski definition) is 0. The molecule has 4 aromatic carbocycles. The molecule has 4 heterocycles. The molecule has 1 aromatic heterocycles. The van der Waals surface area contributed by atoms with E-state index in [2.05, 4.69) is 103 Å². The van der Waals surface area contributed by atoms with Gasteiger partial charge in [0.25, 0.3) is 0 Å². The minimum absolute atomic E-state index is 0.0985. The van der Waals surface area contributed by atoms with Gasteiger partial charge in [0.15, 0.2) is 0 Å². The Morgan fingerprint density at radius 1 is 0.806 bits per heavy atom. The third-order valence-corrected chi connectivity index (χ3v) is 10.5. The van der Waals surface area contributed by atoms with Gasteiger partial charge in [0, 0.05) is 44.2 Å². The second-order valence-electron chi connectivity index (χ2n) is 12.1. The maximum absolute atomic E-state index is 2.82. The van der Waals surface area contributed by atoms with E-state index in [0.29, 0.717) is 0 Å². The molecule has 5 aromatic rings. The molecule has 3 heteroatoms. The maximum Gasteiger partial charge on any atom is 0.333 e. The van der Waals surface area contributed by atoms with Crippen LogP contribution in [0.15, 0.2) is 72.8 Å². The van der Waals surface area contributed by atoms with Gasteiger partial charge in [-0.05, 0) is 66.4 Å². The van der Waals surface area contributed by atoms with Crippen LogP contribution in [0.1, 0.15) is 50.7 Å². The van der Waals surface area contributed by atoms with Crippen molar-refractivity contribution < 1.29 is 0 Å². The highest BCUT2D eigenvalue weighted by molar-refractivity contribution is 6.90. The van der Waals surface area contributed by atoms with E-state index < -0.39 is 0 Å². The van der Waals surface area contributed by atoms with Crippen LogP contribution in [0.2, 0.25) is 0 Å². The molecular weight excluding hydrogens is 435 g/mol. The fourth-order valence-corrected chi connectivity index (χ4v) is 8.82. The Balaban J connectivity index is 1.51. The topological polar surface area (TPSA) is 8.17 Å². The number of nitrogens with zero attached hydrogens (tertiary/aromatic N) is 2. The number of benzene rings is 4. The SMILES string of the molecule is Cc1cc2c3c(c1)N1c4c(cccc4C4(C)CCCCC14C)B3n1c3ccccc3c3cccc-2c31. The molecule has 2 atom stereocenters. The number of anilines is 2. The van der Waals surface area contributed by atoms with Crippen LogP contribution in [0.3, 0.4) is 0 Å². The zero-order valence-electron chi connectivity index (χ0n) is 21.2. The summed E-state index contributed by atoms with van der Waals surface area (Å²) in [6, 6.07) is 28.1. The average molecular weight is 464 g/mol. The Labute approximate surface area is 212 Å². The highest BCUT2D eigenvalue weighted by Crippen LogP contribution is 2.61. The lowest BCUT2D eigenvalue weighted by Crippen LogP contribution is -2.61. The van der Waals surface area contributed by atoms with Crippen LogP contribution in [0.4, 0.5) is 11.4 Å². The average Bonchev–Trinajstić information content (AvgIpc) is 3.33. The third-order valence-electron chi connectivity index (χ3n) is 10.5. The molecule has 0 saturated heterocycles. The van der Waals surface area contributed by atoms with Gasteiger partial charge in [-0.15, -0.1) is 0 Å². The van der Waals surface area contributed by atoms with Gasteiger partial charge < -0.3 is 9.38 Å². The summed E-state index contributed by atoms with van der Waals surface area (Å²) < 4.78 is 2.68. The Morgan fingerprint density at radius 3 is 2.53 bits per heavy atom. The molecule has 174 valence electrons. The van der Waals surface area contributed by atoms with Crippen molar-refractivity contribution in [1.82, 2.24) is 4.48 Å². The van der Waals surface area contributed by atoms with E-state index in [-0.39, 0.29) is 17.8 Å². The van der Waals surface area contributed by atoms with Gasteiger partial charge in [-0.2, -0.15) is 0 Å². The summed E-state index contributed by atoms with van der Waals surface area (Å²) in [6.07, 6.45) is 5.16. The van der Waals surface area contributed by atoms with Crippen LogP contribution in [0.25, 0.3) is 32.9 Å². The first-order chi connectivity index (χ1) is 17.5. The van der Waals surface area contributed by atoms with Crippen LogP contribution in [0.5, 0.6) is 0 Å². The highest BCUT2D eigenvalue weighted by Gasteiger charge is 2.61. The standard InChI is InChI=1S/C33H29BN2/c1-20-18-24-23-12-8-11-22-21-10-4-5-15-27(21)36(30(22)23)34-26-14-9-13-25-31(26)35(28(19-20)29(24)34)33(3)17-7-6-16-32(25,33)2/h4-5,8-15,18-19H,6-7,16-17H2,1-3H3. The van der Waals surface area contributed by atoms with Gasteiger partial charge in [-0.25, -0.2) is 0 Å². The van der Waals surface area contributed by atoms with Crippen LogP contribution in [-0.2, 0) is 5.41 Å². The molecule has 1 saturated carbocycles. The maximum atomic E-state index is 2.82. The van der Waals surface area contributed by atoms with Crippen LogP contribution < -0.4 is 15.8 Å². The molecule has 2 unspecified atom stereocenters. The Kier molecular flexibility index (Phi) is 3.33. The quantitative estimate of drug-likeness (QED) is 0.225. The van der Waals surface area contributed by atoms with E-state index in [9.17, 15) is 0 Å². The van der Waals surface area contributed by atoms with Crippen LogP contribution >= 0.6 is 0 Å². The number of para-hydroxylation sites is 3. The number of rotatable bonds is 0. The lowest BCUT2D eigenvalue weighted by atomic mass is 9.45. The predicted molar refractivity (Wildman–Crippen MR) is 153 cm³/mol. The van der Waals surface area contributed by atoms with Gasteiger partial charge in [0.05, 0.1) is 5.54 Å². The first kappa shape index (κ1) is 19.7. The first-order valence-electron chi connectivity index (χ1n) is 13.6. The van der Waals surface area contributed by atoms with Crippen molar-refractivity contribution in [3.05, 3.63) is 83.9 Å². The zero-order chi connectivity index (χ0) is 24.0. The number of aromatic nitrogens is 1. The summed E-state index contributed by atoms with van der Waals surface area (Å²) >= 11 is 0. The van der Waals surface area contributed by atoms with E-state index >= 15 is 0 Å². The van der Waals surface area contributed by atoms with Crippen molar-refractivity contribution in [2.24, 2.45) is 0 Å². The third kappa shape index (κ3) is 1.93. The molecule has 0 N–H and O–H groups in total. The second-order valence-corrected chi connectivity index (χ2v) is 12.1. The summed E-state index contributed by atoms with van der Waals surface area (Å²) in [5, 5.41) is 2.74. The van der Waals surface area contributed by atoms with Gasteiger partial charge in [-0.1, -0.05) is 80.4 Å². The molecule has 36 heavy (non-hydrogen) atoms. The van der Waals surface area contributed by atoms with Gasteiger partial charge >= 0.3 is 6.85 Å². The van der Waals surface area contributed by atoms with Crippen molar-refractivity contribution in [3.63, 3.8) is 0 Å². The molecular formula is C33H29BN2. The monoisotopic (exact) mass is 464 g/mol. The summed E-state index contributed by atoms with van der Waals surface area (Å²) in [5.41, 5.74) is 14.7. The lowest BCUT2D eigenvalue weighted by Gasteiger charge is -2.52. The molecule has 0 radical (unpaired) electrons. The first-order valence-corrected chi connectivity index (χ1v) is 13.6.